The first-order valence-corrected chi connectivity index (χ1v) is 34.5. The molecule has 26 heteroatoms. The van der Waals surface area contributed by atoms with Crippen molar-refractivity contribution in [3.05, 3.63) is 12.2 Å². The lowest BCUT2D eigenvalue weighted by Gasteiger charge is -2.48. The summed E-state index contributed by atoms with van der Waals surface area (Å²) in [6.45, 7) is 30.3. The number of allylic oxidation sites excluding steroid dienone is 2. The average Bonchev–Trinajstić information content (AvgIpc) is 0.759. The van der Waals surface area contributed by atoms with Gasteiger partial charge in [-0.1, -0.05) is 109 Å². The fourth-order valence-corrected chi connectivity index (χ4v) is 12.4. The molecule has 0 radical (unpaired) electrons. The molecule has 0 aromatic carbocycles. The molecule has 2 aliphatic heterocycles. The zero-order chi connectivity index (χ0) is 73.0. The Morgan fingerprint density at radius 2 is 1.02 bits per heavy atom. The molecule has 12 atom stereocenters. The number of hydrogen-bond acceptors (Lipinski definition) is 15. The summed E-state index contributed by atoms with van der Waals surface area (Å²) in [5.74, 6) is -10.9. The Morgan fingerprint density at radius 3 is 1.51 bits per heavy atom. The first-order valence-electron chi connectivity index (χ1n) is 34.5. The SMILES string of the molecule is C/C=C/C[C@@H](C)[C@@H](O)[C@H]1C(=O)N[C@@H](CC)C(=O)N(C)CC(=O)N(C)[C@@H](CC(C)C)C(=O)N[C@@H](C(C)C)C(=O)N(C)[C@@H](CC(C)C)C(=O)N[C@@H](C)C(=O)N[C@H](C)C(=O)N(C)[C@@H](CC(C)C)C(=O)N(C)[C@@H](CC(C)C)C(=O)N(C)[C@](OCCN2CCC(O)CC2)(C(C)C)C(=O)N1C. The van der Waals surface area contributed by atoms with E-state index >= 15 is 19.2 Å². The Balaban J connectivity index is 3.14. The maximum absolute atomic E-state index is 16.2. The quantitative estimate of drug-likeness (QED) is 0.101. The van der Waals surface area contributed by atoms with Crippen LogP contribution in [0.3, 0.4) is 0 Å². The number of hydrogen-bond donors (Lipinski definition) is 6. The first kappa shape index (κ1) is 84.8. The summed E-state index contributed by atoms with van der Waals surface area (Å²) in [5.41, 5.74) is -2.27. The summed E-state index contributed by atoms with van der Waals surface area (Å²) in [6.07, 6.45) is 3.18. The van der Waals surface area contributed by atoms with Crippen molar-refractivity contribution in [2.75, 3.05) is 82.1 Å². The predicted molar refractivity (Wildman–Crippen MR) is 365 cm³/mol. The van der Waals surface area contributed by atoms with Crippen LogP contribution in [0.2, 0.25) is 0 Å². The van der Waals surface area contributed by atoms with Crippen molar-refractivity contribution in [1.82, 2.24) is 60.5 Å². The van der Waals surface area contributed by atoms with Crippen LogP contribution >= 0.6 is 0 Å². The highest BCUT2D eigenvalue weighted by Gasteiger charge is 2.55. The molecule has 2 heterocycles. The Kier molecular flexibility index (Phi) is 34.5. The number of piperidine rings is 1. The number of amides is 11. The summed E-state index contributed by atoms with van der Waals surface area (Å²) in [6, 6.07) is -11.6. The van der Waals surface area contributed by atoms with Crippen LogP contribution in [0, 0.1) is 41.4 Å². The van der Waals surface area contributed by atoms with Gasteiger partial charge in [-0.05, 0) is 108 Å². The van der Waals surface area contributed by atoms with Gasteiger partial charge < -0.3 is 75.4 Å². The lowest BCUT2D eigenvalue weighted by Crippen LogP contribution is -2.70. The molecule has 0 aliphatic carbocycles. The van der Waals surface area contributed by atoms with Crippen LogP contribution in [0.4, 0.5) is 0 Å². The van der Waals surface area contributed by atoms with Crippen molar-refractivity contribution in [1.29, 1.82) is 0 Å². The number of aliphatic hydroxyl groups excluding tert-OH is 2. The molecule has 0 bridgehead atoms. The Hall–Kier alpha value is -6.25. The number of nitrogens with one attached hydrogen (secondary N) is 4. The zero-order valence-corrected chi connectivity index (χ0v) is 62.1. The van der Waals surface area contributed by atoms with Crippen molar-refractivity contribution in [2.24, 2.45) is 41.4 Å². The number of carbonyl (C=O) groups is 11. The minimum absolute atomic E-state index is 0.0208. The van der Waals surface area contributed by atoms with Crippen molar-refractivity contribution in [2.45, 2.75) is 241 Å². The van der Waals surface area contributed by atoms with Crippen LogP contribution in [0.1, 0.15) is 169 Å². The van der Waals surface area contributed by atoms with Gasteiger partial charge in [0.15, 0.2) is 0 Å². The van der Waals surface area contributed by atoms with Crippen molar-refractivity contribution in [3.63, 3.8) is 0 Å². The van der Waals surface area contributed by atoms with E-state index in [2.05, 4.69) is 26.2 Å². The molecule has 11 amide bonds. The van der Waals surface area contributed by atoms with E-state index in [0.29, 0.717) is 25.9 Å². The number of nitrogens with zero attached hydrogens (tertiary/aromatic N) is 8. The van der Waals surface area contributed by atoms with Gasteiger partial charge in [0.05, 0.1) is 25.4 Å². The van der Waals surface area contributed by atoms with E-state index in [4.69, 9.17) is 4.74 Å². The van der Waals surface area contributed by atoms with E-state index in [0.717, 1.165) is 14.7 Å². The highest BCUT2D eigenvalue weighted by atomic mass is 16.5. The summed E-state index contributed by atoms with van der Waals surface area (Å²) < 4.78 is 6.86. The van der Waals surface area contributed by atoms with E-state index in [1.54, 1.807) is 60.6 Å². The monoisotopic (exact) mass is 1340 g/mol. The third kappa shape index (κ3) is 23.2. The largest absolute Gasteiger partial charge is 0.393 e. The van der Waals surface area contributed by atoms with Gasteiger partial charge in [-0.3, -0.25) is 52.7 Å². The number of ether oxygens (including phenoxy) is 1. The molecule has 544 valence electrons. The van der Waals surface area contributed by atoms with Gasteiger partial charge in [0.1, 0.15) is 54.4 Å². The van der Waals surface area contributed by atoms with Crippen molar-refractivity contribution >= 4 is 65.0 Å². The lowest BCUT2D eigenvalue weighted by molar-refractivity contribution is -0.209. The molecule has 0 saturated carbocycles. The summed E-state index contributed by atoms with van der Waals surface area (Å²) in [5, 5.41) is 33.9. The maximum atomic E-state index is 16.2. The minimum atomic E-state index is -2.27. The molecule has 2 fully saturated rings. The van der Waals surface area contributed by atoms with Crippen LogP contribution in [0.15, 0.2) is 12.2 Å². The topological polar surface area (TPSA) is 312 Å². The standard InChI is InChI=1S/C69H124N12O14/c1-25-27-28-46(15)58(84)57-62(88)72-50(26-2)64(90)74(18)39-55(83)75(19)51(35-40(3)4)61(87)73-56(44(11)12)67(93)76(20)52(36-41(5)6)60(86)70-47(16)59(85)71-48(17)63(89)77(21)53(37-42(7)8)65(91)78(22)54(38-43(9)10)66(92)80(24)69(45(13)14,68(94)79(57)23)95-34-33-81-31-29-49(82)30-32-81/h25,27,40-54,56-58,82,84H,26,28-39H2,1-24H3,(H,70,86)(H,71,85)(H,72,88)(H,73,87)/b27-25+/t46-,47+,48-,50+,51+,52+,53+,54+,56+,57+,58-,69+/m1/s1. The van der Waals surface area contributed by atoms with Crippen molar-refractivity contribution in [3.8, 4) is 0 Å². The molecule has 95 heavy (non-hydrogen) atoms. The molecule has 6 N–H and O–H groups in total. The number of carbonyl (C=O) groups excluding carboxylic acids is 11. The summed E-state index contributed by atoms with van der Waals surface area (Å²) in [7, 11) is 9.80. The molecule has 2 aliphatic rings. The van der Waals surface area contributed by atoms with E-state index < -0.39 is 162 Å². The molecular formula is C69H124N12O14. The average molecular weight is 1350 g/mol. The fourth-order valence-electron chi connectivity index (χ4n) is 12.4. The second-order valence-corrected chi connectivity index (χ2v) is 29.1. The van der Waals surface area contributed by atoms with Crippen molar-refractivity contribution < 1.29 is 67.7 Å². The summed E-state index contributed by atoms with van der Waals surface area (Å²) in [4.78, 5) is 174. The fraction of sp³-hybridized carbons (Fsp3) is 0.812. The third-order valence-corrected chi connectivity index (χ3v) is 18.6. The highest BCUT2D eigenvalue weighted by Crippen LogP contribution is 2.33. The third-order valence-electron chi connectivity index (χ3n) is 18.6. The number of rotatable bonds is 19. The summed E-state index contributed by atoms with van der Waals surface area (Å²) >= 11 is 0. The van der Waals surface area contributed by atoms with E-state index in [1.807, 2.05) is 55.4 Å². The lowest BCUT2D eigenvalue weighted by atomic mass is 9.89. The van der Waals surface area contributed by atoms with Gasteiger partial charge >= 0.3 is 0 Å². The minimum Gasteiger partial charge on any atom is -0.393 e. The highest BCUT2D eigenvalue weighted by molar-refractivity contribution is 6.00. The number of likely N-dealkylation sites (N-methyl/N-ethyl adjacent to an activating group) is 7. The van der Waals surface area contributed by atoms with Gasteiger partial charge in [0.25, 0.3) is 5.91 Å². The molecule has 0 aromatic rings. The van der Waals surface area contributed by atoms with Crippen LogP contribution in [-0.2, 0) is 57.5 Å². The number of likely N-dealkylation sites (tertiary alicyclic amines) is 1. The van der Waals surface area contributed by atoms with Gasteiger partial charge in [0, 0.05) is 74.9 Å². The molecule has 26 nitrogen and oxygen atoms in total. The van der Waals surface area contributed by atoms with E-state index in [-0.39, 0.29) is 75.3 Å². The molecule has 0 aromatic heterocycles. The van der Waals surface area contributed by atoms with Gasteiger partial charge in [-0.25, -0.2) is 0 Å². The number of aliphatic hydroxyl groups is 2. The zero-order valence-electron chi connectivity index (χ0n) is 62.1. The van der Waals surface area contributed by atoms with Crippen LogP contribution in [0.25, 0.3) is 0 Å². The van der Waals surface area contributed by atoms with E-state index in [9.17, 15) is 43.8 Å². The van der Waals surface area contributed by atoms with Crippen LogP contribution in [0.5, 0.6) is 0 Å². The van der Waals surface area contributed by atoms with Gasteiger partial charge in [-0.15, -0.1) is 0 Å². The van der Waals surface area contributed by atoms with Crippen LogP contribution < -0.4 is 21.3 Å². The molecule has 2 saturated heterocycles. The molecule has 2 rings (SSSR count). The molecule has 0 unspecified atom stereocenters. The Bertz CT molecular complexity index is 2610. The maximum Gasteiger partial charge on any atom is 0.276 e. The van der Waals surface area contributed by atoms with Crippen LogP contribution in [-0.4, -0.2) is 269 Å². The second kappa shape index (κ2) is 38.6. The smallest absolute Gasteiger partial charge is 0.276 e. The van der Waals surface area contributed by atoms with Gasteiger partial charge in [0.2, 0.25) is 64.8 Å². The van der Waals surface area contributed by atoms with E-state index in [1.165, 1.54) is 82.8 Å². The predicted octanol–water partition coefficient (Wildman–Crippen LogP) is 3.07. The Labute approximate surface area is 568 Å². The normalized spacial score (nSPS) is 27.5. The first-order chi connectivity index (χ1) is 44.0. The van der Waals surface area contributed by atoms with Gasteiger partial charge in [-0.2, -0.15) is 0 Å². The molecule has 0 spiro atoms. The second-order valence-electron chi connectivity index (χ2n) is 29.1. The Morgan fingerprint density at radius 1 is 0.558 bits per heavy atom. The molecular weight excluding hydrogens is 1220 g/mol.